The van der Waals surface area contributed by atoms with E-state index in [1.165, 1.54) is 13.8 Å². The molecule has 1 heterocycles. The minimum atomic E-state index is -3.51. The van der Waals surface area contributed by atoms with Crippen LogP contribution >= 0.6 is 0 Å². The van der Waals surface area contributed by atoms with Gasteiger partial charge < -0.3 is 5.32 Å². The van der Waals surface area contributed by atoms with Crippen molar-refractivity contribution in [3.63, 3.8) is 0 Å². The minimum Gasteiger partial charge on any atom is -0.307 e. The number of carbonyl (C=O) groups excluding carboxylic acids is 1. The lowest BCUT2D eigenvalue weighted by molar-refractivity contribution is -0.117. The van der Waals surface area contributed by atoms with E-state index < -0.39 is 20.5 Å². The maximum absolute atomic E-state index is 12.1. The first-order chi connectivity index (χ1) is 8.73. The van der Waals surface area contributed by atoms with Crippen LogP contribution in [0.4, 0.5) is 5.82 Å². The fraction of sp³-hybridized carbons (Fsp3) is 0.333. The predicted molar refractivity (Wildman–Crippen MR) is 73.6 cm³/mol. The summed E-state index contributed by atoms with van der Waals surface area (Å²) >= 11 is 0. The number of H-pyrrole nitrogens is 1. The molecule has 1 aromatic heterocycles. The van der Waals surface area contributed by atoms with Crippen molar-refractivity contribution in [3.05, 3.63) is 24.3 Å². The van der Waals surface area contributed by atoms with Gasteiger partial charge in [-0.25, -0.2) is 8.42 Å². The van der Waals surface area contributed by atoms with Crippen molar-refractivity contribution in [3.8, 4) is 0 Å². The van der Waals surface area contributed by atoms with Crippen LogP contribution < -0.4 is 5.32 Å². The predicted octanol–water partition coefficient (Wildman–Crippen LogP) is 1.32. The molecule has 19 heavy (non-hydrogen) atoms. The Morgan fingerprint density at radius 2 is 1.95 bits per heavy atom. The Balaban J connectivity index is 2.34. The second kappa shape index (κ2) is 4.34. The van der Waals surface area contributed by atoms with Gasteiger partial charge in [0.05, 0.1) is 5.52 Å². The van der Waals surface area contributed by atoms with E-state index in [0.29, 0.717) is 5.82 Å². The van der Waals surface area contributed by atoms with Crippen LogP contribution in [0.25, 0.3) is 10.9 Å². The summed E-state index contributed by atoms with van der Waals surface area (Å²) in [6.07, 6.45) is 1.04. The lowest BCUT2D eigenvalue weighted by Crippen LogP contribution is -2.43. The molecule has 0 atom stereocenters. The van der Waals surface area contributed by atoms with E-state index in [9.17, 15) is 13.2 Å². The van der Waals surface area contributed by atoms with Crippen molar-refractivity contribution >= 4 is 32.5 Å². The first-order valence-corrected chi connectivity index (χ1v) is 7.57. The van der Waals surface area contributed by atoms with E-state index in [2.05, 4.69) is 15.5 Å². The average Bonchev–Trinajstić information content (AvgIpc) is 2.71. The number of benzene rings is 1. The number of aromatic nitrogens is 2. The SMILES string of the molecule is CC(C)(C(=O)Nc1n[nH]c2ccccc12)S(C)(=O)=O. The molecule has 2 rings (SSSR count). The Kier molecular flexibility index (Phi) is 3.09. The molecule has 0 saturated heterocycles. The van der Waals surface area contributed by atoms with E-state index in [1.807, 2.05) is 18.2 Å². The molecule has 0 aliphatic heterocycles. The molecule has 0 radical (unpaired) electrons. The van der Waals surface area contributed by atoms with Gasteiger partial charge in [0.1, 0.15) is 4.75 Å². The topological polar surface area (TPSA) is 91.9 Å². The lowest BCUT2D eigenvalue weighted by atomic mass is 10.2. The quantitative estimate of drug-likeness (QED) is 0.887. The summed E-state index contributed by atoms with van der Waals surface area (Å²) in [5.41, 5.74) is 0.773. The summed E-state index contributed by atoms with van der Waals surface area (Å²) < 4.78 is 21.7. The molecule has 102 valence electrons. The van der Waals surface area contributed by atoms with E-state index >= 15 is 0 Å². The zero-order valence-corrected chi connectivity index (χ0v) is 11.7. The minimum absolute atomic E-state index is 0.331. The monoisotopic (exact) mass is 281 g/mol. The molecule has 0 fully saturated rings. The third kappa shape index (κ3) is 2.33. The molecule has 0 bridgehead atoms. The number of fused-ring (bicyclic) bond motifs is 1. The highest BCUT2D eigenvalue weighted by atomic mass is 32.2. The smallest absolute Gasteiger partial charge is 0.246 e. The van der Waals surface area contributed by atoms with Gasteiger partial charge in [-0.3, -0.25) is 9.89 Å². The fourth-order valence-corrected chi connectivity index (χ4v) is 1.87. The Bertz CT molecular complexity index is 732. The third-order valence-corrected chi connectivity index (χ3v) is 5.22. The van der Waals surface area contributed by atoms with E-state index in [-0.39, 0.29) is 0 Å². The molecule has 0 aliphatic carbocycles. The number of nitrogens with one attached hydrogen (secondary N) is 2. The number of sulfone groups is 1. The zero-order valence-electron chi connectivity index (χ0n) is 10.9. The Morgan fingerprint density at radius 1 is 1.32 bits per heavy atom. The van der Waals surface area contributed by atoms with Crippen LogP contribution in [-0.2, 0) is 14.6 Å². The Labute approximate surface area is 111 Å². The highest BCUT2D eigenvalue weighted by Crippen LogP contribution is 2.22. The summed E-state index contributed by atoms with van der Waals surface area (Å²) in [5.74, 6) is -0.274. The molecule has 7 heteroatoms. The van der Waals surface area contributed by atoms with Gasteiger partial charge in [-0.15, -0.1) is 0 Å². The summed E-state index contributed by atoms with van der Waals surface area (Å²) in [4.78, 5) is 12.1. The van der Waals surface area contributed by atoms with Crippen LogP contribution in [-0.4, -0.2) is 35.5 Å². The molecule has 2 aromatic rings. The van der Waals surface area contributed by atoms with E-state index in [4.69, 9.17) is 0 Å². The number of aromatic amines is 1. The number of para-hydroxylation sites is 1. The molecule has 6 nitrogen and oxygen atoms in total. The van der Waals surface area contributed by atoms with Crippen LogP contribution in [0.5, 0.6) is 0 Å². The van der Waals surface area contributed by atoms with Crippen molar-refractivity contribution in [2.24, 2.45) is 0 Å². The standard InChI is InChI=1S/C12H15N3O3S/c1-12(2,19(3,17)18)11(16)13-10-8-6-4-5-7-9(8)14-15-10/h4-7H,1-3H3,(H2,13,14,15,16). The molecule has 0 spiro atoms. The lowest BCUT2D eigenvalue weighted by Gasteiger charge is -2.20. The van der Waals surface area contributed by atoms with E-state index in [0.717, 1.165) is 17.2 Å². The molecular weight excluding hydrogens is 266 g/mol. The summed E-state index contributed by atoms with van der Waals surface area (Å²) in [7, 11) is -3.51. The fourth-order valence-electron chi connectivity index (χ4n) is 1.49. The van der Waals surface area contributed by atoms with Crippen molar-refractivity contribution in [1.82, 2.24) is 10.2 Å². The number of amides is 1. The van der Waals surface area contributed by atoms with Gasteiger partial charge in [0.15, 0.2) is 15.7 Å². The van der Waals surface area contributed by atoms with E-state index in [1.54, 1.807) is 6.07 Å². The number of nitrogens with zero attached hydrogens (tertiary/aromatic N) is 1. The second-order valence-corrected chi connectivity index (χ2v) is 7.42. The molecule has 0 saturated carbocycles. The number of rotatable bonds is 3. The van der Waals surface area contributed by atoms with Crippen molar-refractivity contribution in [1.29, 1.82) is 0 Å². The Morgan fingerprint density at radius 3 is 2.58 bits per heavy atom. The summed E-state index contributed by atoms with van der Waals surface area (Å²) in [6, 6.07) is 7.27. The van der Waals surface area contributed by atoms with Gasteiger partial charge in [-0.2, -0.15) is 5.10 Å². The number of hydrogen-bond donors (Lipinski definition) is 2. The number of anilines is 1. The Hall–Kier alpha value is -1.89. The molecule has 0 aliphatic rings. The number of hydrogen-bond acceptors (Lipinski definition) is 4. The third-order valence-electron chi connectivity index (χ3n) is 3.18. The van der Waals surface area contributed by atoms with Crippen LogP contribution in [0.2, 0.25) is 0 Å². The van der Waals surface area contributed by atoms with Crippen molar-refractivity contribution < 1.29 is 13.2 Å². The second-order valence-electron chi connectivity index (χ2n) is 4.85. The molecule has 1 amide bonds. The van der Waals surface area contributed by atoms with Gasteiger partial charge >= 0.3 is 0 Å². The van der Waals surface area contributed by atoms with Crippen molar-refractivity contribution in [2.75, 3.05) is 11.6 Å². The largest absolute Gasteiger partial charge is 0.307 e. The van der Waals surface area contributed by atoms with Gasteiger partial charge in [-0.1, -0.05) is 12.1 Å². The normalized spacial score (nSPS) is 12.6. The maximum Gasteiger partial charge on any atom is 0.246 e. The summed E-state index contributed by atoms with van der Waals surface area (Å²) in [5, 5.41) is 10.0. The van der Waals surface area contributed by atoms with Gasteiger partial charge in [-0.05, 0) is 26.0 Å². The average molecular weight is 281 g/mol. The molecular formula is C12H15N3O3S. The van der Waals surface area contributed by atoms with Gasteiger partial charge in [0.2, 0.25) is 5.91 Å². The molecule has 2 N–H and O–H groups in total. The van der Waals surface area contributed by atoms with Crippen LogP contribution in [0.1, 0.15) is 13.8 Å². The van der Waals surface area contributed by atoms with Crippen molar-refractivity contribution in [2.45, 2.75) is 18.6 Å². The van der Waals surface area contributed by atoms with Crippen LogP contribution in [0.15, 0.2) is 24.3 Å². The van der Waals surface area contributed by atoms with Crippen LogP contribution in [0, 0.1) is 0 Å². The first-order valence-electron chi connectivity index (χ1n) is 5.67. The highest BCUT2D eigenvalue weighted by molar-refractivity contribution is 7.92. The van der Waals surface area contributed by atoms with Gasteiger partial charge in [0.25, 0.3) is 0 Å². The highest BCUT2D eigenvalue weighted by Gasteiger charge is 2.38. The first kappa shape index (κ1) is 13.5. The zero-order chi connectivity index (χ0) is 14.3. The molecule has 1 aromatic carbocycles. The number of carbonyl (C=O) groups is 1. The van der Waals surface area contributed by atoms with Crippen LogP contribution in [0.3, 0.4) is 0 Å². The summed E-state index contributed by atoms with van der Waals surface area (Å²) in [6.45, 7) is 2.74. The van der Waals surface area contributed by atoms with Gasteiger partial charge in [0, 0.05) is 11.6 Å². The molecule has 0 unspecified atom stereocenters. The maximum atomic E-state index is 12.1.